The van der Waals surface area contributed by atoms with Crippen molar-refractivity contribution in [1.82, 2.24) is 9.80 Å². The second-order valence-corrected chi connectivity index (χ2v) is 7.00. The van der Waals surface area contributed by atoms with E-state index in [1.165, 1.54) is 4.90 Å². The summed E-state index contributed by atoms with van der Waals surface area (Å²) < 4.78 is 5.87. The Morgan fingerprint density at radius 2 is 1.70 bits per heavy atom. The number of carbonyl (C=O) groups excluding carboxylic acids is 2. The Balaban J connectivity index is 2.06. The average Bonchev–Trinajstić information content (AvgIpc) is 2.58. The van der Waals surface area contributed by atoms with Crippen LogP contribution in [0.2, 0.25) is 5.02 Å². The molecule has 0 aromatic heterocycles. The van der Waals surface area contributed by atoms with E-state index in [1.807, 2.05) is 31.2 Å². The van der Waals surface area contributed by atoms with Gasteiger partial charge in [0.1, 0.15) is 5.75 Å². The molecule has 2 rings (SSSR count). The largest absolute Gasteiger partial charge is 0.455 e. The number of anilines is 1. The summed E-state index contributed by atoms with van der Waals surface area (Å²) in [6, 6.07) is 12.6. The van der Waals surface area contributed by atoms with Crippen molar-refractivity contribution in [2.45, 2.75) is 6.92 Å². The second-order valence-electron chi connectivity index (χ2n) is 6.56. The molecule has 0 radical (unpaired) electrons. The molecule has 0 aliphatic heterocycles. The van der Waals surface area contributed by atoms with E-state index >= 15 is 0 Å². The topological polar surface area (TPSA) is 61.9 Å². The summed E-state index contributed by atoms with van der Waals surface area (Å²) in [5.74, 6) is 0.812. The predicted molar refractivity (Wildman–Crippen MR) is 108 cm³/mol. The molecule has 2 aromatic carbocycles. The number of hydrogen-bond acceptors (Lipinski definition) is 4. The summed E-state index contributed by atoms with van der Waals surface area (Å²) in [7, 11) is 5.07. The van der Waals surface area contributed by atoms with E-state index in [9.17, 15) is 9.59 Å². The number of ether oxygens (including phenoxy) is 1. The van der Waals surface area contributed by atoms with Crippen molar-refractivity contribution in [2.24, 2.45) is 0 Å². The molecule has 0 saturated heterocycles. The Labute approximate surface area is 164 Å². The van der Waals surface area contributed by atoms with Gasteiger partial charge in [-0.15, -0.1) is 0 Å². The standard InChI is InChI=1S/C20H24ClN3O3/c1-14-5-8-16(9-6-14)27-18-10-7-15(21)11-17(18)22-19(25)12-24(4)13-20(26)23(2)3/h5-11H,12-13H2,1-4H3,(H,22,25). The summed E-state index contributed by atoms with van der Waals surface area (Å²) in [4.78, 5) is 27.2. The van der Waals surface area contributed by atoms with Crippen LogP contribution in [0, 0.1) is 6.92 Å². The van der Waals surface area contributed by atoms with Crippen LogP contribution in [0.1, 0.15) is 5.56 Å². The van der Waals surface area contributed by atoms with Crippen molar-refractivity contribution in [3.05, 3.63) is 53.1 Å². The monoisotopic (exact) mass is 389 g/mol. The number of halogens is 1. The van der Waals surface area contributed by atoms with Gasteiger partial charge in [0.15, 0.2) is 5.75 Å². The van der Waals surface area contributed by atoms with Gasteiger partial charge in [0.2, 0.25) is 11.8 Å². The van der Waals surface area contributed by atoms with Crippen LogP contribution in [0.3, 0.4) is 0 Å². The number of likely N-dealkylation sites (N-methyl/N-ethyl adjacent to an activating group) is 2. The Bertz CT molecular complexity index is 807. The fourth-order valence-electron chi connectivity index (χ4n) is 2.29. The number of amides is 2. The molecule has 0 aliphatic carbocycles. The summed E-state index contributed by atoms with van der Waals surface area (Å²) in [6.07, 6.45) is 0. The number of benzene rings is 2. The Kier molecular flexibility index (Phi) is 7.21. The van der Waals surface area contributed by atoms with Crippen molar-refractivity contribution in [3.8, 4) is 11.5 Å². The molecule has 0 aliphatic rings. The maximum absolute atomic E-state index is 12.4. The van der Waals surface area contributed by atoms with Gasteiger partial charge in [0.05, 0.1) is 18.8 Å². The second kappa shape index (κ2) is 9.39. The van der Waals surface area contributed by atoms with Gasteiger partial charge in [0, 0.05) is 19.1 Å². The van der Waals surface area contributed by atoms with Gasteiger partial charge >= 0.3 is 0 Å². The van der Waals surface area contributed by atoms with E-state index in [4.69, 9.17) is 16.3 Å². The molecule has 0 atom stereocenters. The molecular formula is C20H24ClN3O3. The van der Waals surface area contributed by atoms with Crippen LogP contribution in [-0.4, -0.2) is 55.8 Å². The molecular weight excluding hydrogens is 366 g/mol. The van der Waals surface area contributed by atoms with Gasteiger partial charge in [-0.1, -0.05) is 29.3 Å². The van der Waals surface area contributed by atoms with E-state index < -0.39 is 0 Å². The number of carbonyl (C=O) groups is 2. The van der Waals surface area contributed by atoms with Crippen LogP contribution < -0.4 is 10.1 Å². The molecule has 0 bridgehead atoms. The van der Waals surface area contributed by atoms with E-state index in [0.717, 1.165) is 5.56 Å². The molecule has 2 aromatic rings. The number of rotatable bonds is 7. The minimum Gasteiger partial charge on any atom is -0.455 e. The summed E-state index contributed by atoms with van der Waals surface area (Å²) in [6.45, 7) is 2.22. The molecule has 144 valence electrons. The van der Waals surface area contributed by atoms with Crippen LogP contribution in [0.4, 0.5) is 5.69 Å². The number of hydrogen-bond donors (Lipinski definition) is 1. The summed E-state index contributed by atoms with van der Waals surface area (Å²) in [5.41, 5.74) is 1.60. The molecule has 0 fully saturated rings. The molecule has 0 heterocycles. The van der Waals surface area contributed by atoms with Crippen LogP contribution in [0.5, 0.6) is 11.5 Å². The summed E-state index contributed by atoms with van der Waals surface area (Å²) >= 11 is 6.07. The lowest BCUT2D eigenvalue weighted by Crippen LogP contribution is -2.38. The lowest BCUT2D eigenvalue weighted by molar-refractivity contribution is -0.130. The van der Waals surface area contributed by atoms with Gasteiger partial charge in [-0.3, -0.25) is 14.5 Å². The molecule has 2 amide bonds. The quantitative estimate of drug-likeness (QED) is 0.788. The predicted octanol–water partition coefficient (Wildman–Crippen LogP) is 3.40. The fourth-order valence-corrected chi connectivity index (χ4v) is 2.46. The highest BCUT2D eigenvalue weighted by Crippen LogP contribution is 2.32. The Morgan fingerprint density at radius 1 is 1.04 bits per heavy atom. The van der Waals surface area contributed by atoms with Gasteiger partial charge in [-0.05, 0) is 44.3 Å². The van der Waals surface area contributed by atoms with E-state index in [-0.39, 0.29) is 24.9 Å². The van der Waals surface area contributed by atoms with Gasteiger partial charge in [-0.2, -0.15) is 0 Å². The van der Waals surface area contributed by atoms with E-state index in [1.54, 1.807) is 44.2 Å². The first-order valence-electron chi connectivity index (χ1n) is 8.47. The third-order valence-corrected chi connectivity index (χ3v) is 4.02. The van der Waals surface area contributed by atoms with Crippen LogP contribution in [0.25, 0.3) is 0 Å². The molecule has 7 heteroatoms. The molecule has 0 saturated carbocycles. The first-order valence-corrected chi connectivity index (χ1v) is 8.85. The van der Waals surface area contributed by atoms with Crippen molar-refractivity contribution in [3.63, 3.8) is 0 Å². The maximum atomic E-state index is 12.4. The molecule has 27 heavy (non-hydrogen) atoms. The van der Waals surface area contributed by atoms with Gasteiger partial charge < -0.3 is 15.0 Å². The van der Waals surface area contributed by atoms with E-state index in [2.05, 4.69) is 5.32 Å². The highest BCUT2D eigenvalue weighted by molar-refractivity contribution is 6.31. The van der Waals surface area contributed by atoms with Crippen molar-refractivity contribution in [1.29, 1.82) is 0 Å². The Morgan fingerprint density at radius 3 is 2.33 bits per heavy atom. The Hall–Kier alpha value is -2.57. The van der Waals surface area contributed by atoms with Crippen LogP contribution >= 0.6 is 11.6 Å². The maximum Gasteiger partial charge on any atom is 0.238 e. The molecule has 0 unspecified atom stereocenters. The van der Waals surface area contributed by atoms with Gasteiger partial charge in [0.25, 0.3) is 0 Å². The van der Waals surface area contributed by atoms with E-state index in [0.29, 0.717) is 22.2 Å². The third kappa shape index (κ3) is 6.58. The first-order chi connectivity index (χ1) is 12.7. The third-order valence-electron chi connectivity index (χ3n) is 3.78. The normalized spacial score (nSPS) is 10.6. The fraction of sp³-hybridized carbons (Fsp3) is 0.300. The first kappa shape index (κ1) is 20.7. The summed E-state index contributed by atoms with van der Waals surface area (Å²) in [5, 5.41) is 3.29. The molecule has 0 spiro atoms. The number of aryl methyl sites for hydroxylation is 1. The smallest absolute Gasteiger partial charge is 0.238 e. The number of nitrogens with one attached hydrogen (secondary N) is 1. The lowest BCUT2D eigenvalue weighted by Gasteiger charge is -2.19. The van der Waals surface area contributed by atoms with Crippen molar-refractivity contribution >= 4 is 29.1 Å². The highest BCUT2D eigenvalue weighted by Gasteiger charge is 2.14. The zero-order valence-electron chi connectivity index (χ0n) is 16.0. The average molecular weight is 390 g/mol. The van der Waals surface area contributed by atoms with Crippen LogP contribution in [-0.2, 0) is 9.59 Å². The zero-order valence-corrected chi connectivity index (χ0v) is 16.7. The van der Waals surface area contributed by atoms with Crippen molar-refractivity contribution < 1.29 is 14.3 Å². The minimum absolute atomic E-state index is 0.0655. The molecule has 6 nitrogen and oxygen atoms in total. The zero-order chi connectivity index (χ0) is 20.0. The number of nitrogens with zero attached hydrogens (tertiary/aromatic N) is 2. The molecule has 1 N–H and O–H groups in total. The van der Waals surface area contributed by atoms with Gasteiger partial charge in [-0.25, -0.2) is 0 Å². The SMILES string of the molecule is Cc1ccc(Oc2ccc(Cl)cc2NC(=O)CN(C)CC(=O)N(C)C)cc1. The van der Waals surface area contributed by atoms with Crippen LogP contribution in [0.15, 0.2) is 42.5 Å². The van der Waals surface area contributed by atoms with Crippen molar-refractivity contribution in [2.75, 3.05) is 39.5 Å². The highest BCUT2D eigenvalue weighted by atomic mass is 35.5. The lowest BCUT2D eigenvalue weighted by atomic mass is 10.2. The minimum atomic E-state index is -0.264.